The van der Waals surface area contributed by atoms with E-state index >= 15 is 0 Å². The van der Waals surface area contributed by atoms with Gasteiger partial charge in [-0.2, -0.15) is 0 Å². The number of hydrogen-bond acceptors (Lipinski definition) is 4. The van der Waals surface area contributed by atoms with E-state index in [1.165, 1.54) is 0 Å². The number of carboxylic acids is 1. The molecule has 1 aliphatic heterocycles. The van der Waals surface area contributed by atoms with Crippen molar-refractivity contribution in [3.63, 3.8) is 0 Å². The molecule has 0 saturated heterocycles. The molecule has 1 aromatic rings. The summed E-state index contributed by atoms with van der Waals surface area (Å²) in [5, 5.41) is 20.7. The second kappa shape index (κ2) is 5.86. The van der Waals surface area contributed by atoms with Crippen LogP contribution in [0, 0.1) is 0 Å². The van der Waals surface area contributed by atoms with E-state index < -0.39 is 13.1 Å². The Morgan fingerprint density at radius 2 is 2.16 bits per heavy atom. The Morgan fingerprint density at radius 3 is 2.89 bits per heavy atom. The first-order valence-electron chi connectivity index (χ1n) is 6.00. The second-order valence-corrected chi connectivity index (χ2v) is 4.37. The van der Waals surface area contributed by atoms with Crippen molar-refractivity contribution in [1.82, 2.24) is 0 Å². The molecule has 19 heavy (non-hydrogen) atoms. The number of hydrogen-bond donors (Lipinski definition) is 3. The third kappa shape index (κ3) is 3.55. The number of rotatable bonds is 5. The smallest absolute Gasteiger partial charge is 0.481 e. The lowest BCUT2D eigenvalue weighted by atomic mass is 9.79. The van der Waals surface area contributed by atoms with E-state index in [1.54, 1.807) is 18.2 Å². The SMILES string of the molecule is O=C(O)CCCC(=O)Nc1ccc2c(c1)B(O)OC2. The Bertz CT molecular complexity index is 505. The minimum absolute atomic E-state index is 0.0236. The summed E-state index contributed by atoms with van der Waals surface area (Å²) < 4.78 is 5.05. The first kappa shape index (κ1) is 13.6. The first-order valence-corrected chi connectivity index (χ1v) is 6.00. The normalized spacial score (nSPS) is 13.2. The summed E-state index contributed by atoms with van der Waals surface area (Å²) >= 11 is 0. The highest BCUT2D eigenvalue weighted by molar-refractivity contribution is 6.61. The molecule has 0 spiro atoms. The van der Waals surface area contributed by atoms with Gasteiger partial charge < -0.3 is 20.1 Å². The fraction of sp³-hybridized carbons (Fsp3) is 0.333. The number of fused-ring (bicyclic) bond motifs is 1. The van der Waals surface area contributed by atoms with Crippen molar-refractivity contribution in [2.24, 2.45) is 0 Å². The van der Waals surface area contributed by atoms with Crippen LogP contribution in [0.2, 0.25) is 0 Å². The van der Waals surface area contributed by atoms with E-state index in [4.69, 9.17) is 9.76 Å². The average molecular weight is 263 g/mol. The van der Waals surface area contributed by atoms with Crippen LogP contribution in [0.25, 0.3) is 0 Å². The van der Waals surface area contributed by atoms with Crippen molar-refractivity contribution in [2.45, 2.75) is 25.9 Å². The predicted molar refractivity (Wildman–Crippen MR) is 69.0 cm³/mol. The molecule has 1 aliphatic rings. The van der Waals surface area contributed by atoms with E-state index in [9.17, 15) is 14.6 Å². The maximum Gasteiger partial charge on any atom is 0.491 e. The summed E-state index contributed by atoms with van der Waals surface area (Å²) in [6.45, 7) is 0.364. The van der Waals surface area contributed by atoms with Gasteiger partial charge in [-0.15, -0.1) is 0 Å². The van der Waals surface area contributed by atoms with Gasteiger partial charge in [0.25, 0.3) is 0 Å². The van der Waals surface area contributed by atoms with Crippen molar-refractivity contribution >= 4 is 30.1 Å². The number of nitrogens with one attached hydrogen (secondary N) is 1. The third-order valence-electron chi connectivity index (χ3n) is 2.89. The summed E-state index contributed by atoms with van der Waals surface area (Å²) in [4.78, 5) is 21.9. The van der Waals surface area contributed by atoms with Gasteiger partial charge in [0.1, 0.15) is 0 Å². The molecule has 1 heterocycles. The van der Waals surface area contributed by atoms with Crippen molar-refractivity contribution < 1.29 is 24.4 Å². The Morgan fingerprint density at radius 1 is 1.37 bits per heavy atom. The highest BCUT2D eigenvalue weighted by Crippen LogP contribution is 2.14. The molecule has 7 heteroatoms. The van der Waals surface area contributed by atoms with E-state index in [0.717, 1.165) is 5.56 Å². The average Bonchev–Trinajstić information content (AvgIpc) is 2.70. The van der Waals surface area contributed by atoms with E-state index in [1.807, 2.05) is 0 Å². The zero-order chi connectivity index (χ0) is 13.8. The van der Waals surface area contributed by atoms with Crippen LogP contribution in [-0.4, -0.2) is 29.1 Å². The van der Waals surface area contributed by atoms with Crippen LogP contribution < -0.4 is 10.8 Å². The van der Waals surface area contributed by atoms with Crippen LogP contribution in [0.5, 0.6) is 0 Å². The molecule has 0 aliphatic carbocycles. The van der Waals surface area contributed by atoms with Gasteiger partial charge >= 0.3 is 13.1 Å². The molecule has 0 bridgehead atoms. The van der Waals surface area contributed by atoms with Crippen molar-refractivity contribution in [3.8, 4) is 0 Å². The molecule has 3 N–H and O–H groups in total. The molecular weight excluding hydrogens is 249 g/mol. The molecule has 0 atom stereocenters. The van der Waals surface area contributed by atoms with E-state index in [-0.39, 0.29) is 18.7 Å². The Hall–Kier alpha value is -1.86. The van der Waals surface area contributed by atoms with Crippen LogP contribution in [-0.2, 0) is 20.9 Å². The molecule has 2 rings (SSSR count). The van der Waals surface area contributed by atoms with Gasteiger partial charge in [0.15, 0.2) is 0 Å². The van der Waals surface area contributed by atoms with E-state index in [0.29, 0.717) is 24.2 Å². The van der Waals surface area contributed by atoms with Gasteiger partial charge in [-0.05, 0) is 29.6 Å². The zero-order valence-corrected chi connectivity index (χ0v) is 10.3. The minimum Gasteiger partial charge on any atom is -0.481 e. The van der Waals surface area contributed by atoms with Gasteiger partial charge in [-0.25, -0.2) is 0 Å². The molecular formula is C12H14BNO5. The Kier molecular flexibility index (Phi) is 4.18. The van der Waals surface area contributed by atoms with Gasteiger partial charge in [0, 0.05) is 18.5 Å². The molecule has 1 amide bonds. The maximum atomic E-state index is 11.6. The van der Waals surface area contributed by atoms with Crippen molar-refractivity contribution in [3.05, 3.63) is 23.8 Å². The highest BCUT2D eigenvalue weighted by atomic mass is 16.5. The topological polar surface area (TPSA) is 95.9 Å². The van der Waals surface area contributed by atoms with Crippen LogP contribution in [0.4, 0.5) is 5.69 Å². The molecule has 0 saturated carbocycles. The fourth-order valence-electron chi connectivity index (χ4n) is 1.92. The monoisotopic (exact) mass is 263 g/mol. The molecule has 0 aromatic heterocycles. The number of anilines is 1. The molecule has 0 radical (unpaired) electrons. The first-order chi connectivity index (χ1) is 9.06. The van der Waals surface area contributed by atoms with Crippen LogP contribution in [0.3, 0.4) is 0 Å². The summed E-state index contributed by atoms with van der Waals surface area (Å²) in [7, 11) is -0.945. The van der Waals surface area contributed by atoms with E-state index in [2.05, 4.69) is 5.32 Å². The summed E-state index contributed by atoms with van der Waals surface area (Å²) in [5.41, 5.74) is 2.13. The van der Waals surface area contributed by atoms with Gasteiger partial charge in [-0.1, -0.05) is 6.07 Å². The lowest BCUT2D eigenvalue weighted by Crippen LogP contribution is -2.28. The summed E-state index contributed by atoms with van der Waals surface area (Å²) in [6, 6.07) is 5.19. The number of carbonyl (C=O) groups excluding carboxylic acids is 1. The number of carbonyl (C=O) groups is 2. The molecule has 0 unspecified atom stereocenters. The van der Waals surface area contributed by atoms with Crippen LogP contribution in [0.15, 0.2) is 18.2 Å². The minimum atomic E-state index is -0.945. The van der Waals surface area contributed by atoms with Gasteiger partial charge in [-0.3, -0.25) is 9.59 Å². The Balaban J connectivity index is 1.91. The zero-order valence-electron chi connectivity index (χ0n) is 10.3. The maximum absolute atomic E-state index is 11.6. The van der Waals surface area contributed by atoms with Gasteiger partial charge in [0.2, 0.25) is 5.91 Å². The van der Waals surface area contributed by atoms with Crippen LogP contribution in [0.1, 0.15) is 24.8 Å². The lowest BCUT2D eigenvalue weighted by Gasteiger charge is -2.06. The fourth-order valence-corrected chi connectivity index (χ4v) is 1.92. The van der Waals surface area contributed by atoms with Crippen molar-refractivity contribution in [1.29, 1.82) is 0 Å². The lowest BCUT2D eigenvalue weighted by molar-refractivity contribution is -0.137. The summed E-state index contributed by atoms with van der Waals surface area (Å²) in [5.74, 6) is -1.15. The third-order valence-corrected chi connectivity index (χ3v) is 2.89. The molecule has 6 nitrogen and oxygen atoms in total. The van der Waals surface area contributed by atoms with Crippen molar-refractivity contribution in [2.75, 3.05) is 5.32 Å². The molecule has 1 aromatic carbocycles. The summed E-state index contributed by atoms with van der Waals surface area (Å²) in [6.07, 6.45) is 0.435. The quantitative estimate of drug-likeness (QED) is 0.654. The molecule has 100 valence electrons. The van der Waals surface area contributed by atoms with Gasteiger partial charge in [0.05, 0.1) is 6.61 Å². The molecule has 0 fully saturated rings. The highest BCUT2D eigenvalue weighted by Gasteiger charge is 2.27. The number of benzene rings is 1. The second-order valence-electron chi connectivity index (χ2n) is 4.37. The number of carboxylic acid groups (broad SMARTS) is 1. The van der Waals surface area contributed by atoms with Crippen LogP contribution >= 0.6 is 0 Å². The largest absolute Gasteiger partial charge is 0.491 e. The number of aliphatic carboxylic acids is 1. The Labute approximate surface area is 110 Å². The standard InChI is InChI=1S/C12H14BNO5/c15-11(2-1-3-12(16)17)14-9-5-4-8-7-19-13(18)10(8)6-9/h4-6,18H,1-3,7H2,(H,14,15)(H,16,17). The number of amides is 1. The predicted octanol–water partition coefficient (Wildman–Crippen LogP) is 0.0977.